The smallest absolute Gasteiger partial charge is 0.253 e. The molecule has 1 aromatic rings. The molecule has 0 unspecified atom stereocenters. The number of anilines is 1. The zero-order valence-electron chi connectivity index (χ0n) is 10.4. The van der Waals surface area contributed by atoms with Crippen LogP contribution in [0.2, 0.25) is 0 Å². The second-order valence-electron chi connectivity index (χ2n) is 4.78. The number of piperidine rings is 1. The van der Waals surface area contributed by atoms with Crippen LogP contribution in [0.15, 0.2) is 22.7 Å². The van der Waals surface area contributed by atoms with Gasteiger partial charge in [0.15, 0.2) is 0 Å². The number of amides is 1. The van der Waals surface area contributed by atoms with Gasteiger partial charge in [0.1, 0.15) is 0 Å². The van der Waals surface area contributed by atoms with Gasteiger partial charge in [0.25, 0.3) is 5.91 Å². The zero-order valence-corrected chi connectivity index (χ0v) is 12.0. The van der Waals surface area contributed by atoms with E-state index in [2.05, 4.69) is 33.2 Å². The summed E-state index contributed by atoms with van der Waals surface area (Å²) in [5, 5.41) is 3.06. The Balaban J connectivity index is 2.01. The maximum atomic E-state index is 12.1. The minimum absolute atomic E-state index is 0.0802. The SMILES string of the molecule is CN1CCC(NC(=O)c2cc(Br)ccc2N)CC1. The molecular formula is C13H18BrN3O. The van der Waals surface area contributed by atoms with Crippen LogP contribution in [0, 0.1) is 0 Å². The van der Waals surface area contributed by atoms with Crippen LogP contribution in [0.4, 0.5) is 5.69 Å². The lowest BCUT2D eigenvalue weighted by atomic mass is 10.0. The number of halogens is 1. The van der Waals surface area contributed by atoms with Crippen molar-refractivity contribution < 1.29 is 4.79 Å². The fourth-order valence-electron chi connectivity index (χ4n) is 2.14. The number of rotatable bonds is 2. The van der Waals surface area contributed by atoms with Gasteiger partial charge >= 0.3 is 0 Å². The van der Waals surface area contributed by atoms with Crippen LogP contribution in [0.5, 0.6) is 0 Å². The molecule has 18 heavy (non-hydrogen) atoms. The number of carbonyl (C=O) groups is 1. The van der Waals surface area contributed by atoms with E-state index in [0.717, 1.165) is 30.4 Å². The topological polar surface area (TPSA) is 58.4 Å². The molecule has 1 aromatic carbocycles. The van der Waals surface area contributed by atoms with Crippen LogP contribution >= 0.6 is 15.9 Å². The van der Waals surface area contributed by atoms with E-state index in [-0.39, 0.29) is 11.9 Å². The highest BCUT2D eigenvalue weighted by atomic mass is 79.9. The number of nitrogens with zero attached hydrogens (tertiary/aromatic N) is 1. The molecule has 0 spiro atoms. The average molecular weight is 312 g/mol. The van der Waals surface area contributed by atoms with E-state index in [4.69, 9.17) is 5.73 Å². The Morgan fingerprint density at radius 3 is 2.78 bits per heavy atom. The van der Waals surface area contributed by atoms with E-state index in [1.54, 1.807) is 12.1 Å². The van der Waals surface area contributed by atoms with Crippen molar-refractivity contribution in [3.63, 3.8) is 0 Å². The summed E-state index contributed by atoms with van der Waals surface area (Å²) in [4.78, 5) is 14.4. The van der Waals surface area contributed by atoms with Crippen LogP contribution in [0.1, 0.15) is 23.2 Å². The molecule has 0 radical (unpaired) electrons. The zero-order chi connectivity index (χ0) is 13.1. The van der Waals surface area contributed by atoms with Crippen molar-refractivity contribution >= 4 is 27.5 Å². The lowest BCUT2D eigenvalue weighted by Gasteiger charge is -2.29. The third-order valence-corrected chi connectivity index (χ3v) is 3.81. The second kappa shape index (κ2) is 5.71. The number of hydrogen-bond donors (Lipinski definition) is 2. The fourth-order valence-corrected chi connectivity index (χ4v) is 2.50. The number of carbonyl (C=O) groups excluding carboxylic acids is 1. The summed E-state index contributed by atoms with van der Waals surface area (Å²) in [5.74, 6) is -0.0802. The number of hydrogen-bond acceptors (Lipinski definition) is 3. The molecule has 0 aliphatic carbocycles. The first-order valence-electron chi connectivity index (χ1n) is 6.10. The summed E-state index contributed by atoms with van der Waals surface area (Å²) in [6.07, 6.45) is 1.99. The van der Waals surface area contributed by atoms with Gasteiger partial charge in [-0.25, -0.2) is 0 Å². The maximum Gasteiger partial charge on any atom is 0.253 e. The van der Waals surface area contributed by atoms with E-state index < -0.39 is 0 Å². The van der Waals surface area contributed by atoms with E-state index in [0.29, 0.717) is 11.3 Å². The lowest BCUT2D eigenvalue weighted by molar-refractivity contribution is 0.0917. The molecule has 0 saturated carbocycles. The molecule has 1 fully saturated rings. The molecule has 5 heteroatoms. The second-order valence-corrected chi connectivity index (χ2v) is 5.70. The molecule has 0 aromatic heterocycles. The molecule has 1 heterocycles. The van der Waals surface area contributed by atoms with Gasteiger partial charge in [-0.05, 0) is 51.2 Å². The van der Waals surface area contributed by atoms with E-state index in [1.807, 2.05) is 6.07 Å². The Kier molecular flexibility index (Phi) is 4.24. The van der Waals surface area contributed by atoms with E-state index in [9.17, 15) is 4.79 Å². The first kappa shape index (κ1) is 13.4. The van der Waals surface area contributed by atoms with Crippen molar-refractivity contribution in [2.75, 3.05) is 25.9 Å². The summed E-state index contributed by atoms with van der Waals surface area (Å²) in [7, 11) is 2.10. The number of likely N-dealkylation sites (tertiary alicyclic amines) is 1. The predicted octanol–water partition coefficient (Wildman–Crippen LogP) is 1.86. The fraction of sp³-hybridized carbons (Fsp3) is 0.462. The van der Waals surface area contributed by atoms with Gasteiger partial charge in [0.2, 0.25) is 0 Å². The van der Waals surface area contributed by atoms with Crippen LogP contribution in [-0.4, -0.2) is 37.0 Å². The molecule has 0 bridgehead atoms. The summed E-state index contributed by atoms with van der Waals surface area (Å²) < 4.78 is 0.866. The van der Waals surface area contributed by atoms with Crippen LogP contribution < -0.4 is 11.1 Å². The lowest BCUT2D eigenvalue weighted by Crippen LogP contribution is -2.43. The first-order valence-corrected chi connectivity index (χ1v) is 6.90. The van der Waals surface area contributed by atoms with Gasteiger partial charge < -0.3 is 16.0 Å². The molecule has 98 valence electrons. The highest BCUT2D eigenvalue weighted by molar-refractivity contribution is 9.10. The van der Waals surface area contributed by atoms with Gasteiger partial charge in [-0.1, -0.05) is 15.9 Å². The summed E-state index contributed by atoms with van der Waals surface area (Å²) in [5.41, 5.74) is 6.89. The third-order valence-electron chi connectivity index (χ3n) is 3.31. The summed E-state index contributed by atoms with van der Waals surface area (Å²) in [6, 6.07) is 5.60. The summed E-state index contributed by atoms with van der Waals surface area (Å²) in [6.45, 7) is 2.05. The van der Waals surface area contributed by atoms with E-state index in [1.165, 1.54) is 0 Å². The van der Waals surface area contributed by atoms with Crippen molar-refractivity contribution in [2.45, 2.75) is 18.9 Å². The van der Waals surface area contributed by atoms with Gasteiger partial charge in [-0.15, -0.1) is 0 Å². The highest BCUT2D eigenvalue weighted by Gasteiger charge is 2.20. The molecular weight excluding hydrogens is 294 g/mol. The Morgan fingerprint density at radius 2 is 2.11 bits per heavy atom. The largest absolute Gasteiger partial charge is 0.398 e. The number of nitrogens with one attached hydrogen (secondary N) is 1. The van der Waals surface area contributed by atoms with Crippen molar-refractivity contribution in [3.05, 3.63) is 28.2 Å². The minimum atomic E-state index is -0.0802. The molecule has 1 aliphatic rings. The number of nitrogens with two attached hydrogens (primary N) is 1. The minimum Gasteiger partial charge on any atom is -0.398 e. The van der Waals surface area contributed by atoms with Gasteiger partial charge in [-0.3, -0.25) is 4.79 Å². The molecule has 1 aliphatic heterocycles. The van der Waals surface area contributed by atoms with Gasteiger partial charge in [0, 0.05) is 16.2 Å². The van der Waals surface area contributed by atoms with Gasteiger partial charge in [0.05, 0.1) is 5.56 Å². The molecule has 2 rings (SSSR count). The Labute approximate surface area is 116 Å². The predicted molar refractivity (Wildman–Crippen MR) is 76.5 cm³/mol. The normalized spacial score (nSPS) is 17.7. The average Bonchev–Trinajstić information content (AvgIpc) is 2.35. The van der Waals surface area contributed by atoms with Crippen molar-refractivity contribution in [2.24, 2.45) is 0 Å². The Hall–Kier alpha value is -1.07. The molecule has 0 atom stereocenters. The molecule has 1 amide bonds. The van der Waals surface area contributed by atoms with Crippen LogP contribution in [0.3, 0.4) is 0 Å². The molecule has 3 N–H and O–H groups in total. The van der Waals surface area contributed by atoms with Gasteiger partial charge in [-0.2, -0.15) is 0 Å². The maximum absolute atomic E-state index is 12.1. The van der Waals surface area contributed by atoms with E-state index >= 15 is 0 Å². The molecule has 1 saturated heterocycles. The Morgan fingerprint density at radius 1 is 1.44 bits per heavy atom. The van der Waals surface area contributed by atoms with Crippen LogP contribution in [-0.2, 0) is 0 Å². The monoisotopic (exact) mass is 311 g/mol. The Bertz CT molecular complexity index is 442. The number of benzene rings is 1. The first-order chi connectivity index (χ1) is 8.56. The highest BCUT2D eigenvalue weighted by Crippen LogP contribution is 2.19. The summed E-state index contributed by atoms with van der Waals surface area (Å²) >= 11 is 3.36. The van der Waals surface area contributed by atoms with Crippen LogP contribution in [0.25, 0.3) is 0 Å². The third kappa shape index (κ3) is 3.23. The quantitative estimate of drug-likeness (QED) is 0.820. The van der Waals surface area contributed by atoms with Crippen molar-refractivity contribution in [1.29, 1.82) is 0 Å². The van der Waals surface area contributed by atoms with Crippen molar-refractivity contribution in [3.8, 4) is 0 Å². The number of nitrogen functional groups attached to an aromatic ring is 1. The van der Waals surface area contributed by atoms with Crippen molar-refractivity contribution in [1.82, 2.24) is 10.2 Å². The molecule has 4 nitrogen and oxygen atoms in total. The standard InChI is InChI=1S/C13H18BrN3O/c1-17-6-4-10(5-7-17)16-13(18)11-8-9(14)2-3-12(11)15/h2-3,8,10H,4-7,15H2,1H3,(H,16,18).